The van der Waals surface area contributed by atoms with Crippen LogP contribution in [0.4, 0.5) is 0 Å². The Balaban J connectivity index is 1.81. The maximum Gasteiger partial charge on any atom is 0.248 e. The van der Waals surface area contributed by atoms with Gasteiger partial charge in [-0.1, -0.05) is 30.3 Å². The summed E-state index contributed by atoms with van der Waals surface area (Å²) in [5.41, 5.74) is 1.52. The van der Waals surface area contributed by atoms with Crippen LogP contribution in [0.5, 0.6) is 11.5 Å². The smallest absolute Gasteiger partial charge is 0.248 e. The molecule has 0 saturated heterocycles. The molecule has 4 aromatic rings. The number of hydrogen-bond acceptors (Lipinski definition) is 7. The Morgan fingerprint density at radius 3 is 2.58 bits per heavy atom. The van der Waals surface area contributed by atoms with Crippen molar-refractivity contribution in [2.75, 3.05) is 14.2 Å². The van der Waals surface area contributed by atoms with Gasteiger partial charge in [-0.05, 0) is 56.0 Å². The summed E-state index contributed by atoms with van der Waals surface area (Å²) >= 11 is 1.53. The number of benzene rings is 2. The van der Waals surface area contributed by atoms with Crippen molar-refractivity contribution in [3.8, 4) is 11.5 Å². The fraction of sp³-hybridized carbons (Fsp3) is 0.357. The molecule has 0 fully saturated rings. The Morgan fingerprint density at radius 2 is 1.89 bits per heavy atom. The van der Waals surface area contributed by atoms with Gasteiger partial charge in [0.15, 0.2) is 0 Å². The molecular weight excluding hydrogens is 502 g/mol. The van der Waals surface area contributed by atoms with Gasteiger partial charge in [-0.15, -0.1) is 16.4 Å². The first-order valence-electron chi connectivity index (χ1n) is 12.4. The van der Waals surface area contributed by atoms with Crippen LogP contribution in [0.15, 0.2) is 60.0 Å². The van der Waals surface area contributed by atoms with Crippen LogP contribution in [0.1, 0.15) is 43.7 Å². The lowest BCUT2D eigenvalue weighted by Gasteiger charge is -2.35. The summed E-state index contributed by atoms with van der Waals surface area (Å²) in [6, 6.07) is 15.6. The number of nitrogens with zero attached hydrogens (tertiary/aromatic N) is 4. The predicted molar refractivity (Wildman–Crippen MR) is 147 cm³/mol. The van der Waals surface area contributed by atoms with Crippen LogP contribution in [0.25, 0.3) is 11.0 Å². The van der Waals surface area contributed by atoms with Gasteiger partial charge in [0.25, 0.3) is 0 Å². The standard InChI is InChI=1S/C28H33N5O4S/c1-6-28(2,3)29-27(35)26(21-14-13-19(36-4)16-24(21)37-5)32(17-20-10-9-15-38-20)25(34)18-33-23-12-8-7-11-22(23)30-31-33/h7-16,26H,6,17-18H2,1-5H3,(H,29,35). The Kier molecular flexibility index (Phi) is 8.31. The molecule has 0 saturated carbocycles. The van der Waals surface area contributed by atoms with E-state index in [1.165, 1.54) is 18.4 Å². The van der Waals surface area contributed by atoms with E-state index < -0.39 is 11.6 Å². The molecule has 1 unspecified atom stereocenters. The second kappa shape index (κ2) is 11.6. The molecule has 1 N–H and O–H groups in total. The van der Waals surface area contributed by atoms with Crippen molar-refractivity contribution in [1.29, 1.82) is 0 Å². The third-order valence-electron chi connectivity index (χ3n) is 6.57. The molecule has 2 heterocycles. The summed E-state index contributed by atoms with van der Waals surface area (Å²) in [6.45, 7) is 6.09. The van der Waals surface area contributed by atoms with Crippen LogP contribution in [0.3, 0.4) is 0 Å². The number of methoxy groups -OCH3 is 2. The van der Waals surface area contributed by atoms with E-state index in [4.69, 9.17) is 9.47 Å². The van der Waals surface area contributed by atoms with Crippen molar-refractivity contribution in [2.24, 2.45) is 0 Å². The lowest BCUT2D eigenvalue weighted by molar-refractivity contribution is -0.143. The Hall–Kier alpha value is -3.92. The zero-order valence-electron chi connectivity index (χ0n) is 22.3. The number of fused-ring (bicyclic) bond motifs is 1. The SMILES string of the molecule is CCC(C)(C)NC(=O)C(c1ccc(OC)cc1OC)N(Cc1cccs1)C(=O)Cn1nnc2ccccc21. The summed E-state index contributed by atoms with van der Waals surface area (Å²) in [7, 11) is 3.10. The number of aromatic nitrogens is 3. The van der Waals surface area contributed by atoms with Crippen molar-refractivity contribution >= 4 is 34.2 Å². The molecule has 4 rings (SSSR count). The quantitative estimate of drug-likeness (QED) is 0.302. The molecule has 2 aromatic carbocycles. The summed E-state index contributed by atoms with van der Waals surface area (Å²) in [5.74, 6) is 0.466. The zero-order chi connectivity index (χ0) is 27.3. The number of amides is 2. The molecule has 0 radical (unpaired) electrons. The van der Waals surface area contributed by atoms with Crippen molar-refractivity contribution in [3.63, 3.8) is 0 Å². The van der Waals surface area contributed by atoms with Gasteiger partial charge >= 0.3 is 0 Å². The van der Waals surface area contributed by atoms with E-state index in [-0.39, 0.29) is 24.9 Å². The highest BCUT2D eigenvalue weighted by Gasteiger charge is 2.36. The normalized spacial score (nSPS) is 12.2. The number of ether oxygens (including phenoxy) is 2. The second-order valence-corrected chi connectivity index (χ2v) is 10.6. The van der Waals surface area contributed by atoms with Gasteiger partial charge in [-0.2, -0.15) is 0 Å². The van der Waals surface area contributed by atoms with Crippen LogP contribution in [0.2, 0.25) is 0 Å². The molecule has 0 bridgehead atoms. The maximum atomic E-state index is 14.1. The maximum absolute atomic E-state index is 14.1. The first-order valence-corrected chi connectivity index (χ1v) is 13.3. The van der Waals surface area contributed by atoms with Crippen LogP contribution in [0, 0.1) is 0 Å². The summed E-state index contributed by atoms with van der Waals surface area (Å²) < 4.78 is 12.6. The molecular formula is C28H33N5O4S. The van der Waals surface area contributed by atoms with Crippen molar-refractivity contribution in [3.05, 3.63) is 70.4 Å². The van der Waals surface area contributed by atoms with Crippen LogP contribution in [-0.4, -0.2) is 51.5 Å². The second-order valence-electron chi connectivity index (χ2n) is 9.57. The molecule has 0 spiro atoms. The number of para-hydroxylation sites is 1. The Morgan fingerprint density at radius 1 is 1.11 bits per heavy atom. The summed E-state index contributed by atoms with van der Waals surface area (Å²) in [4.78, 5) is 30.6. The minimum atomic E-state index is -0.967. The van der Waals surface area contributed by atoms with E-state index >= 15 is 0 Å². The summed E-state index contributed by atoms with van der Waals surface area (Å²) in [5, 5.41) is 13.5. The number of thiophene rings is 1. The van der Waals surface area contributed by atoms with Gasteiger partial charge in [0, 0.05) is 22.0 Å². The molecule has 9 nitrogen and oxygen atoms in total. The number of carbonyl (C=O) groups excluding carboxylic acids is 2. The highest BCUT2D eigenvalue weighted by atomic mass is 32.1. The summed E-state index contributed by atoms with van der Waals surface area (Å²) in [6.07, 6.45) is 0.717. The average molecular weight is 536 g/mol. The average Bonchev–Trinajstić information content (AvgIpc) is 3.58. The number of nitrogens with one attached hydrogen (secondary N) is 1. The molecule has 2 amide bonds. The van der Waals surface area contributed by atoms with Gasteiger partial charge in [-0.3, -0.25) is 9.59 Å². The van der Waals surface area contributed by atoms with E-state index in [0.717, 1.165) is 16.8 Å². The third-order valence-corrected chi connectivity index (χ3v) is 7.43. The highest BCUT2D eigenvalue weighted by Crippen LogP contribution is 2.35. The number of rotatable bonds is 11. The van der Waals surface area contributed by atoms with Crippen LogP contribution < -0.4 is 14.8 Å². The Labute approximate surface area is 226 Å². The van der Waals surface area contributed by atoms with E-state index in [9.17, 15) is 9.59 Å². The predicted octanol–water partition coefficient (Wildman–Crippen LogP) is 4.58. The van der Waals surface area contributed by atoms with E-state index in [1.807, 2.05) is 62.5 Å². The molecule has 1 atom stereocenters. The zero-order valence-corrected chi connectivity index (χ0v) is 23.1. The minimum Gasteiger partial charge on any atom is -0.497 e. The van der Waals surface area contributed by atoms with Gasteiger partial charge in [0.05, 0.1) is 26.3 Å². The van der Waals surface area contributed by atoms with Crippen molar-refractivity contribution < 1.29 is 19.1 Å². The van der Waals surface area contributed by atoms with Gasteiger partial charge in [0.2, 0.25) is 11.8 Å². The van der Waals surface area contributed by atoms with Gasteiger partial charge < -0.3 is 19.7 Å². The molecule has 200 valence electrons. The van der Waals surface area contributed by atoms with Gasteiger partial charge in [0.1, 0.15) is 29.6 Å². The largest absolute Gasteiger partial charge is 0.497 e. The van der Waals surface area contributed by atoms with Crippen molar-refractivity contribution in [2.45, 2.75) is 51.9 Å². The van der Waals surface area contributed by atoms with E-state index in [0.29, 0.717) is 22.6 Å². The molecule has 0 aliphatic rings. The molecule has 2 aromatic heterocycles. The van der Waals surface area contributed by atoms with Crippen LogP contribution in [-0.2, 0) is 22.7 Å². The van der Waals surface area contributed by atoms with Gasteiger partial charge in [-0.25, -0.2) is 4.68 Å². The minimum absolute atomic E-state index is 0.0781. The topological polar surface area (TPSA) is 98.6 Å². The van der Waals surface area contributed by atoms with Crippen molar-refractivity contribution in [1.82, 2.24) is 25.2 Å². The van der Waals surface area contributed by atoms with E-state index in [1.54, 1.807) is 34.9 Å². The Bertz CT molecular complexity index is 1400. The lowest BCUT2D eigenvalue weighted by Crippen LogP contribution is -2.50. The molecule has 0 aliphatic heterocycles. The number of hydrogen-bond donors (Lipinski definition) is 1. The first-order chi connectivity index (χ1) is 18.3. The molecule has 0 aliphatic carbocycles. The first kappa shape index (κ1) is 27.1. The molecule has 38 heavy (non-hydrogen) atoms. The number of carbonyl (C=O) groups is 2. The fourth-order valence-corrected chi connectivity index (χ4v) is 4.83. The monoisotopic (exact) mass is 535 g/mol. The molecule has 10 heteroatoms. The van der Waals surface area contributed by atoms with E-state index in [2.05, 4.69) is 15.6 Å². The third kappa shape index (κ3) is 5.96. The highest BCUT2D eigenvalue weighted by molar-refractivity contribution is 7.09. The fourth-order valence-electron chi connectivity index (χ4n) is 4.13. The van der Waals surface area contributed by atoms with Crippen LogP contribution >= 0.6 is 11.3 Å². The lowest BCUT2D eigenvalue weighted by atomic mass is 9.97.